The van der Waals surface area contributed by atoms with Crippen LogP contribution in [0.5, 0.6) is 5.75 Å². The number of ether oxygens (including phenoxy) is 2. The Hall–Kier alpha value is -2.67. The fourth-order valence-electron chi connectivity index (χ4n) is 2.44. The summed E-state index contributed by atoms with van der Waals surface area (Å²) in [7, 11) is 1.62. The van der Waals surface area contributed by atoms with E-state index < -0.39 is 0 Å². The van der Waals surface area contributed by atoms with Crippen LogP contribution in [-0.4, -0.2) is 42.5 Å². The predicted octanol–water partition coefficient (Wildman–Crippen LogP) is 2.14. The molecule has 1 aliphatic rings. The highest BCUT2D eigenvalue weighted by molar-refractivity contribution is 5.92. The van der Waals surface area contributed by atoms with E-state index >= 15 is 0 Å². The molecule has 7 heteroatoms. The maximum absolute atomic E-state index is 12.0. The number of nitrogens with zero attached hydrogens (tertiary/aromatic N) is 2. The van der Waals surface area contributed by atoms with E-state index in [1.807, 2.05) is 24.3 Å². The Morgan fingerprint density at radius 2 is 2.08 bits per heavy atom. The number of amides is 1. The minimum atomic E-state index is -0.242. The zero-order valence-corrected chi connectivity index (χ0v) is 13.5. The number of methoxy groups -OCH3 is 1. The molecule has 0 bridgehead atoms. The highest BCUT2D eigenvalue weighted by atomic mass is 16.5. The Morgan fingerprint density at radius 1 is 1.25 bits per heavy atom. The van der Waals surface area contributed by atoms with Gasteiger partial charge in [-0.2, -0.15) is 0 Å². The number of carbonyl (C=O) groups is 1. The van der Waals surface area contributed by atoms with Gasteiger partial charge < -0.3 is 20.1 Å². The number of aromatic nitrogens is 2. The first-order valence-electron chi connectivity index (χ1n) is 7.89. The van der Waals surface area contributed by atoms with Crippen molar-refractivity contribution in [3.8, 4) is 5.75 Å². The zero-order chi connectivity index (χ0) is 16.8. The summed E-state index contributed by atoms with van der Waals surface area (Å²) in [4.78, 5) is 12.0. The Morgan fingerprint density at radius 3 is 2.71 bits per heavy atom. The maximum Gasteiger partial charge on any atom is 0.271 e. The molecule has 1 aliphatic heterocycles. The first kappa shape index (κ1) is 16.2. The Bertz CT molecular complexity index is 667. The zero-order valence-electron chi connectivity index (χ0n) is 13.5. The largest absolute Gasteiger partial charge is 0.497 e. The van der Waals surface area contributed by atoms with Gasteiger partial charge in [0.15, 0.2) is 11.5 Å². The van der Waals surface area contributed by atoms with Crippen LogP contribution < -0.4 is 15.4 Å². The average molecular weight is 328 g/mol. The minimum Gasteiger partial charge on any atom is -0.497 e. The van der Waals surface area contributed by atoms with Gasteiger partial charge in [-0.25, -0.2) is 0 Å². The van der Waals surface area contributed by atoms with E-state index in [2.05, 4.69) is 20.8 Å². The highest BCUT2D eigenvalue weighted by Crippen LogP contribution is 2.18. The molecule has 126 valence electrons. The lowest BCUT2D eigenvalue weighted by Crippen LogP contribution is -2.32. The van der Waals surface area contributed by atoms with Crippen LogP contribution in [0, 0.1) is 0 Å². The summed E-state index contributed by atoms with van der Waals surface area (Å²) in [6, 6.07) is 10.8. The molecule has 24 heavy (non-hydrogen) atoms. The van der Waals surface area contributed by atoms with Crippen LogP contribution in [-0.2, 0) is 4.74 Å². The van der Waals surface area contributed by atoms with Gasteiger partial charge in [-0.3, -0.25) is 4.79 Å². The molecule has 1 atom stereocenters. The Kier molecular flexibility index (Phi) is 5.22. The summed E-state index contributed by atoms with van der Waals surface area (Å²) in [5.41, 5.74) is 1.15. The van der Waals surface area contributed by atoms with E-state index in [1.54, 1.807) is 19.2 Å². The van der Waals surface area contributed by atoms with Gasteiger partial charge in [-0.15, -0.1) is 10.2 Å². The maximum atomic E-state index is 12.0. The summed E-state index contributed by atoms with van der Waals surface area (Å²) < 4.78 is 10.6. The summed E-state index contributed by atoms with van der Waals surface area (Å²) >= 11 is 0. The second-order valence-corrected chi connectivity index (χ2v) is 5.50. The molecule has 1 unspecified atom stereocenters. The highest BCUT2D eigenvalue weighted by Gasteiger charge is 2.17. The van der Waals surface area contributed by atoms with Crippen molar-refractivity contribution in [1.29, 1.82) is 0 Å². The SMILES string of the molecule is COc1ccc(Nc2ccc(C(=O)NCC3CCCO3)nn2)cc1. The number of nitrogens with one attached hydrogen (secondary N) is 2. The molecule has 1 fully saturated rings. The third-order valence-corrected chi connectivity index (χ3v) is 3.77. The van der Waals surface area contributed by atoms with Crippen LogP contribution in [0.3, 0.4) is 0 Å². The van der Waals surface area contributed by atoms with Crippen LogP contribution in [0.15, 0.2) is 36.4 Å². The van der Waals surface area contributed by atoms with Crippen LogP contribution in [0.1, 0.15) is 23.3 Å². The van der Waals surface area contributed by atoms with E-state index in [1.165, 1.54) is 0 Å². The number of rotatable bonds is 6. The molecule has 0 radical (unpaired) electrons. The van der Waals surface area contributed by atoms with Gasteiger partial charge in [0.05, 0.1) is 13.2 Å². The van der Waals surface area contributed by atoms with Gasteiger partial charge in [0.2, 0.25) is 0 Å². The molecule has 7 nitrogen and oxygen atoms in total. The van der Waals surface area contributed by atoms with Crippen molar-refractivity contribution in [3.63, 3.8) is 0 Å². The third-order valence-electron chi connectivity index (χ3n) is 3.77. The number of hydrogen-bond acceptors (Lipinski definition) is 6. The van der Waals surface area contributed by atoms with Gasteiger partial charge >= 0.3 is 0 Å². The van der Waals surface area contributed by atoms with Gasteiger partial charge in [0.1, 0.15) is 5.75 Å². The fraction of sp³-hybridized carbons (Fsp3) is 0.353. The number of carbonyl (C=O) groups excluding carboxylic acids is 1. The topological polar surface area (TPSA) is 85.4 Å². The van der Waals surface area contributed by atoms with Crippen molar-refractivity contribution < 1.29 is 14.3 Å². The molecule has 1 aromatic heterocycles. The molecular formula is C17H20N4O3. The lowest BCUT2D eigenvalue weighted by atomic mass is 10.2. The van der Waals surface area contributed by atoms with E-state index in [0.29, 0.717) is 12.4 Å². The average Bonchev–Trinajstić information content (AvgIpc) is 3.14. The van der Waals surface area contributed by atoms with Crippen molar-refractivity contribution in [3.05, 3.63) is 42.1 Å². The first-order valence-corrected chi connectivity index (χ1v) is 7.89. The van der Waals surface area contributed by atoms with Crippen molar-refractivity contribution >= 4 is 17.4 Å². The predicted molar refractivity (Wildman–Crippen MR) is 89.6 cm³/mol. The minimum absolute atomic E-state index is 0.109. The monoisotopic (exact) mass is 328 g/mol. The molecule has 0 spiro atoms. The molecule has 1 saturated heterocycles. The van der Waals surface area contributed by atoms with E-state index in [-0.39, 0.29) is 17.7 Å². The molecular weight excluding hydrogens is 308 g/mol. The normalized spacial score (nSPS) is 16.6. The summed E-state index contributed by atoms with van der Waals surface area (Å²) in [6.07, 6.45) is 2.14. The van der Waals surface area contributed by atoms with Crippen LogP contribution >= 0.6 is 0 Å². The van der Waals surface area contributed by atoms with Gasteiger partial charge in [0, 0.05) is 18.8 Å². The lowest BCUT2D eigenvalue weighted by molar-refractivity contribution is 0.0853. The standard InChI is InChI=1S/C17H20N4O3/c1-23-13-6-4-12(5-7-13)19-16-9-8-15(20-21-16)17(22)18-11-14-3-2-10-24-14/h4-9,14H,2-3,10-11H2,1H3,(H,18,22)(H,19,21). The van der Waals surface area contributed by atoms with Crippen LogP contribution in [0.2, 0.25) is 0 Å². The van der Waals surface area contributed by atoms with Gasteiger partial charge in [-0.1, -0.05) is 0 Å². The summed E-state index contributed by atoms with van der Waals surface area (Å²) in [5, 5.41) is 13.9. The molecule has 1 amide bonds. The van der Waals surface area contributed by atoms with Gasteiger partial charge in [-0.05, 0) is 49.2 Å². The summed E-state index contributed by atoms with van der Waals surface area (Å²) in [6.45, 7) is 1.28. The molecule has 1 aromatic carbocycles. The molecule has 0 aliphatic carbocycles. The summed E-state index contributed by atoms with van der Waals surface area (Å²) in [5.74, 6) is 1.11. The van der Waals surface area contributed by atoms with Crippen molar-refractivity contribution in [2.24, 2.45) is 0 Å². The van der Waals surface area contributed by atoms with Crippen LogP contribution in [0.4, 0.5) is 11.5 Å². The van der Waals surface area contributed by atoms with E-state index in [9.17, 15) is 4.79 Å². The Balaban J connectivity index is 1.54. The second kappa shape index (κ2) is 7.74. The molecule has 2 heterocycles. The van der Waals surface area contributed by atoms with Crippen molar-refractivity contribution in [1.82, 2.24) is 15.5 Å². The smallest absolute Gasteiger partial charge is 0.271 e. The number of anilines is 2. The third kappa shape index (κ3) is 4.20. The first-order chi connectivity index (χ1) is 11.7. The Labute approximate surface area is 140 Å². The van der Waals surface area contributed by atoms with Gasteiger partial charge in [0.25, 0.3) is 5.91 Å². The molecule has 2 N–H and O–H groups in total. The van der Waals surface area contributed by atoms with Crippen molar-refractivity contribution in [2.45, 2.75) is 18.9 Å². The molecule has 2 aromatic rings. The van der Waals surface area contributed by atoms with E-state index in [4.69, 9.17) is 9.47 Å². The van der Waals surface area contributed by atoms with Crippen LogP contribution in [0.25, 0.3) is 0 Å². The lowest BCUT2D eigenvalue weighted by Gasteiger charge is -2.10. The number of hydrogen-bond donors (Lipinski definition) is 2. The van der Waals surface area contributed by atoms with E-state index in [0.717, 1.165) is 30.9 Å². The molecule has 0 saturated carbocycles. The molecule has 3 rings (SSSR count). The van der Waals surface area contributed by atoms with Crippen molar-refractivity contribution in [2.75, 3.05) is 25.6 Å². The second-order valence-electron chi connectivity index (χ2n) is 5.50. The fourth-order valence-corrected chi connectivity index (χ4v) is 2.44. The quantitative estimate of drug-likeness (QED) is 0.845. The number of benzene rings is 1.